The van der Waals surface area contributed by atoms with Crippen molar-refractivity contribution < 1.29 is 0 Å². The maximum Gasteiger partial charge on any atom is 0.224 e. The molecular formula is C13H22N4. The van der Waals surface area contributed by atoms with Gasteiger partial charge in [0.15, 0.2) is 0 Å². The van der Waals surface area contributed by atoms with Crippen molar-refractivity contribution in [3.05, 3.63) is 11.8 Å². The average molecular weight is 234 g/mol. The van der Waals surface area contributed by atoms with Gasteiger partial charge in [-0.2, -0.15) is 4.98 Å². The van der Waals surface area contributed by atoms with E-state index in [1.54, 1.807) is 0 Å². The molecule has 4 heteroatoms. The largest absolute Gasteiger partial charge is 0.359 e. The Bertz CT molecular complexity index is 374. The number of anilines is 2. The van der Waals surface area contributed by atoms with Crippen LogP contribution in [0.25, 0.3) is 0 Å². The lowest BCUT2D eigenvalue weighted by Crippen LogP contribution is -2.30. The monoisotopic (exact) mass is 234 g/mol. The highest BCUT2D eigenvalue weighted by Gasteiger charge is 2.20. The van der Waals surface area contributed by atoms with Gasteiger partial charge in [-0.25, -0.2) is 4.98 Å². The Kier molecular flexibility index (Phi) is 3.82. The summed E-state index contributed by atoms with van der Waals surface area (Å²) in [4.78, 5) is 11.2. The molecule has 0 atom stereocenters. The second-order valence-electron chi connectivity index (χ2n) is 4.90. The normalized spacial score (nSPS) is 15.5. The Balaban J connectivity index is 2.06. The highest BCUT2D eigenvalue weighted by atomic mass is 15.2. The minimum absolute atomic E-state index is 0.739. The van der Waals surface area contributed by atoms with Crippen molar-refractivity contribution in [3.8, 4) is 0 Å². The van der Waals surface area contributed by atoms with E-state index in [0.29, 0.717) is 0 Å². The van der Waals surface area contributed by atoms with E-state index in [2.05, 4.69) is 40.2 Å². The average Bonchev–Trinajstić information content (AvgIpc) is 2.23. The molecule has 0 radical (unpaired) electrons. The van der Waals surface area contributed by atoms with Gasteiger partial charge in [-0.15, -0.1) is 0 Å². The molecule has 94 valence electrons. The molecule has 0 aromatic carbocycles. The zero-order valence-corrected chi connectivity index (χ0v) is 11.0. The van der Waals surface area contributed by atoms with Crippen LogP contribution in [0.2, 0.25) is 0 Å². The van der Waals surface area contributed by atoms with E-state index < -0.39 is 0 Å². The van der Waals surface area contributed by atoms with Gasteiger partial charge in [-0.05, 0) is 32.6 Å². The first-order valence-corrected chi connectivity index (χ1v) is 6.49. The summed E-state index contributed by atoms with van der Waals surface area (Å²) in [5.74, 6) is 2.63. The van der Waals surface area contributed by atoms with Gasteiger partial charge in [-0.3, -0.25) is 0 Å². The highest BCUT2D eigenvalue weighted by Crippen LogP contribution is 2.28. The first-order valence-electron chi connectivity index (χ1n) is 6.49. The number of nitrogens with one attached hydrogen (secondary N) is 1. The van der Waals surface area contributed by atoms with Crippen LogP contribution in [0.5, 0.6) is 0 Å². The van der Waals surface area contributed by atoms with Gasteiger partial charge in [0.2, 0.25) is 5.95 Å². The van der Waals surface area contributed by atoms with Gasteiger partial charge in [0, 0.05) is 31.9 Å². The van der Waals surface area contributed by atoms with E-state index in [1.165, 1.54) is 19.3 Å². The number of hydrogen-bond acceptors (Lipinski definition) is 4. The Hall–Kier alpha value is -1.32. The molecule has 1 aliphatic rings. The molecule has 1 heterocycles. The highest BCUT2D eigenvalue weighted by molar-refractivity contribution is 5.44. The number of rotatable bonds is 5. The van der Waals surface area contributed by atoms with E-state index in [0.717, 1.165) is 36.5 Å². The molecule has 0 aliphatic heterocycles. The zero-order valence-electron chi connectivity index (χ0n) is 11.0. The molecule has 1 aliphatic carbocycles. The summed E-state index contributed by atoms with van der Waals surface area (Å²) in [5.41, 5.74) is 1.02. The van der Waals surface area contributed by atoms with Gasteiger partial charge >= 0.3 is 0 Å². The molecule has 0 unspecified atom stereocenters. The molecule has 0 bridgehead atoms. The first-order chi connectivity index (χ1) is 8.19. The van der Waals surface area contributed by atoms with Crippen LogP contribution in [-0.4, -0.2) is 30.1 Å². The molecule has 0 saturated heterocycles. The van der Waals surface area contributed by atoms with Gasteiger partial charge < -0.3 is 10.2 Å². The fourth-order valence-corrected chi connectivity index (χ4v) is 2.14. The maximum atomic E-state index is 4.54. The molecule has 1 aromatic heterocycles. The molecule has 1 saturated carbocycles. The number of hydrogen-bond donors (Lipinski definition) is 1. The van der Waals surface area contributed by atoms with Crippen LogP contribution in [0.4, 0.5) is 11.8 Å². The lowest BCUT2D eigenvalue weighted by atomic mass is 9.85. The van der Waals surface area contributed by atoms with E-state index in [9.17, 15) is 0 Å². The summed E-state index contributed by atoms with van der Waals surface area (Å²) in [7, 11) is 2.12. The van der Waals surface area contributed by atoms with Crippen molar-refractivity contribution in [2.45, 2.75) is 33.1 Å². The lowest BCUT2D eigenvalue weighted by Gasteiger charge is -2.30. The molecule has 4 nitrogen and oxygen atoms in total. The zero-order chi connectivity index (χ0) is 12.3. The Labute approximate surface area is 103 Å². The van der Waals surface area contributed by atoms with Crippen LogP contribution >= 0.6 is 0 Å². The van der Waals surface area contributed by atoms with Crippen molar-refractivity contribution in [3.63, 3.8) is 0 Å². The van der Waals surface area contributed by atoms with Crippen molar-refractivity contribution in [2.24, 2.45) is 5.92 Å². The maximum absolute atomic E-state index is 4.54. The molecular weight excluding hydrogens is 212 g/mol. The van der Waals surface area contributed by atoms with E-state index in [-0.39, 0.29) is 0 Å². The molecule has 17 heavy (non-hydrogen) atoms. The fourth-order valence-electron chi connectivity index (χ4n) is 2.14. The van der Waals surface area contributed by atoms with Crippen LogP contribution in [0.15, 0.2) is 6.07 Å². The predicted octanol–water partition coefficient (Wildman–Crippen LogP) is 2.45. The van der Waals surface area contributed by atoms with Crippen molar-refractivity contribution in [1.29, 1.82) is 0 Å². The Morgan fingerprint density at radius 2 is 2.18 bits per heavy atom. The molecule has 1 aromatic rings. The second kappa shape index (κ2) is 5.34. The molecule has 2 rings (SSSR count). The summed E-state index contributed by atoms with van der Waals surface area (Å²) in [6.45, 7) is 6.05. The second-order valence-corrected chi connectivity index (χ2v) is 4.90. The SMILES string of the molecule is CCNc1nc(C)cc(N(C)CC2CCC2)n1. The van der Waals surface area contributed by atoms with Gasteiger partial charge in [-0.1, -0.05) is 6.42 Å². The molecule has 0 spiro atoms. The molecule has 1 fully saturated rings. The van der Waals surface area contributed by atoms with Gasteiger partial charge in [0.05, 0.1) is 0 Å². The Morgan fingerprint density at radius 3 is 2.76 bits per heavy atom. The summed E-state index contributed by atoms with van der Waals surface area (Å²) in [6.07, 6.45) is 4.13. The van der Waals surface area contributed by atoms with E-state index in [1.807, 2.05) is 6.92 Å². The predicted molar refractivity (Wildman–Crippen MR) is 71.5 cm³/mol. The van der Waals surface area contributed by atoms with Crippen LogP contribution in [0.1, 0.15) is 31.9 Å². The van der Waals surface area contributed by atoms with Crippen molar-refractivity contribution >= 4 is 11.8 Å². The van der Waals surface area contributed by atoms with Crippen molar-refractivity contribution in [1.82, 2.24) is 9.97 Å². The summed E-state index contributed by atoms with van der Waals surface area (Å²) in [6, 6.07) is 2.06. The number of aryl methyl sites for hydroxylation is 1. The topological polar surface area (TPSA) is 41.1 Å². The summed E-state index contributed by atoms with van der Waals surface area (Å²) >= 11 is 0. The minimum atomic E-state index is 0.739. The smallest absolute Gasteiger partial charge is 0.224 e. The van der Waals surface area contributed by atoms with Gasteiger partial charge in [0.1, 0.15) is 5.82 Å². The Morgan fingerprint density at radius 1 is 1.41 bits per heavy atom. The first kappa shape index (κ1) is 12.1. The quantitative estimate of drug-likeness (QED) is 0.849. The fraction of sp³-hybridized carbons (Fsp3) is 0.692. The third kappa shape index (κ3) is 3.08. The van der Waals surface area contributed by atoms with Crippen LogP contribution < -0.4 is 10.2 Å². The van der Waals surface area contributed by atoms with Crippen LogP contribution in [0, 0.1) is 12.8 Å². The van der Waals surface area contributed by atoms with Crippen LogP contribution in [-0.2, 0) is 0 Å². The van der Waals surface area contributed by atoms with Crippen molar-refractivity contribution in [2.75, 3.05) is 30.4 Å². The van der Waals surface area contributed by atoms with Crippen LogP contribution in [0.3, 0.4) is 0 Å². The molecule has 1 N–H and O–H groups in total. The van der Waals surface area contributed by atoms with Gasteiger partial charge in [0.25, 0.3) is 0 Å². The summed E-state index contributed by atoms with van der Waals surface area (Å²) < 4.78 is 0. The van der Waals surface area contributed by atoms with E-state index in [4.69, 9.17) is 0 Å². The number of nitrogens with zero attached hydrogens (tertiary/aromatic N) is 3. The molecule has 0 amide bonds. The third-order valence-corrected chi connectivity index (χ3v) is 3.32. The summed E-state index contributed by atoms with van der Waals surface area (Å²) in [5, 5.41) is 3.18. The third-order valence-electron chi connectivity index (χ3n) is 3.32. The standard InChI is InChI=1S/C13H22N4/c1-4-14-13-15-10(2)8-12(16-13)17(3)9-11-6-5-7-11/h8,11H,4-7,9H2,1-3H3,(H,14,15,16). The minimum Gasteiger partial charge on any atom is -0.359 e. The lowest BCUT2D eigenvalue weighted by molar-refractivity contribution is 0.321. The number of aromatic nitrogens is 2. The van der Waals surface area contributed by atoms with E-state index >= 15 is 0 Å².